The molecule has 4 nitrogen and oxygen atoms in total. The molecule has 0 radical (unpaired) electrons. The molecule has 0 aliphatic carbocycles. The maximum Gasteiger partial charge on any atom is 0.101 e. The Balaban J connectivity index is 0.000000224. The largest absolute Gasteiger partial charge is 0.391 e. The lowest BCUT2D eigenvalue weighted by Gasteiger charge is -2.21. The van der Waals surface area contributed by atoms with Crippen LogP contribution in [0.15, 0.2) is 24.5 Å². The van der Waals surface area contributed by atoms with Crippen molar-refractivity contribution in [2.24, 2.45) is 0 Å². The first-order chi connectivity index (χ1) is 8.94. The fourth-order valence-electron chi connectivity index (χ4n) is 2.20. The quantitative estimate of drug-likeness (QED) is 0.843. The van der Waals surface area contributed by atoms with E-state index in [1.54, 1.807) is 0 Å². The second kappa shape index (κ2) is 7.58. The summed E-state index contributed by atoms with van der Waals surface area (Å²) in [4.78, 5) is 6.54. The summed E-state index contributed by atoms with van der Waals surface area (Å²) in [5, 5.41) is 8.39. The lowest BCUT2D eigenvalue weighted by atomic mass is 10.1. The first-order valence-electron chi connectivity index (χ1n) is 6.95. The Morgan fingerprint density at radius 2 is 2.16 bits per heavy atom. The standard InChI is InChI=1S/C10H14N2.C5H14NO/c1-12-7-3-5-10(12)9-4-2-6-11-8-9;1-6(2,3)4-5-7/h2,4,6,8,10H,3,5,7H2,1H3;7H,4-5H2,1-3H3/q;+1. The fraction of sp³-hybridized carbons (Fsp3) is 0.667. The Morgan fingerprint density at radius 3 is 2.53 bits per heavy atom. The molecule has 1 unspecified atom stereocenters. The van der Waals surface area contributed by atoms with Crippen molar-refractivity contribution in [1.29, 1.82) is 0 Å². The maximum atomic E-state index is 8.39. The van der Waals surface area contributed by atoms with Crippen LogP contribution in [0, 0.1) is 0 Å². The zero-order valence-corrected chi connectivity index (χ0v) is 12.7. The predicted molar refractivity (Wildman–Crippen MR) is 78.8 cm³/mol. The van der Waals surface area contributed by atoms with Gasteiger partial charge in [0.05, 0.1) is 27.7 Å². The number of rotatable bonds is 3. The highest BCUT2D eigenvalue weighted by Crippen LogP contribution is 2.29. The van der Waals surface area contributed by atoms with Crippen LogP contribution in [0.2, 0.25) is 0 Å². The molecule has 1 aromatic rings. The number of hydrogen-bond donors (Lipinski definition) is 1. The van der Waals surface area contributed by atoms with Crippen molar-refractivity contribution in [3.05, 3.63) is 30.1 Å². The molecule has 1 saturated heterocycles. The van der Waals surface area contributed by atoms with E-state index in [2.05, 4.69) is 44.1 Å². The van der Waals surface area contributed by atoms with Crippen LogP contribution in [0.4, 0.5) is 0 Å². The van der Waals surface area contributed by atoms with Crippen LogP contribution in [0.3, 0.4) is 0 Å². The third kappa shape index (κ3) is 6.14. The average Bonchev–Trinajstić information content (AvgIpc) is 2.76. The van der Waals surface area contributed by atoms with E-state index < -0.39 is 0 Å². The van der Waals surface area contributed by atoms with Gasteiger partial charge in [-0.2, -0.15) is 0 Å². The van der Waals surface area contributed by atoms with Gasteiger partial charge < -0.3 is 9.59 Å². The van der Waals surface area contributed by atoms with Crippen LogP contribution in [-0.2, 0) is 0 Å². The molecule has 2 rings (SSSR count). The van der Waals surface area contributed by atoms with E-state index in [-0.39, 0.29) is 6.61 Å². The zero-order chi connectivity index (χ0) is 14.3. The zero-order valence-electron chi connectivity index (χ0n) is 12.7. The van der Waals surface area contributed by atoms with Crippen LogP contribution in [0.25, 0.3) is 0 Å². The van der Waals surface area contributed by atoms with Gasteiger partial charge in [0, 0.05) is 18.4 Å². The van der Waals surface area contributed by atoms with Crippen molar-refractivity contribution in [3.8, 4) is 0 Å². The van der Waals surface area contributed by atoms with Gasteiger partial charge in [-0.25, -0.2) is 0 Å². The van der Waals surface area contributed by atoms with Gasteiger partial charge in [0.2, 0.25) is 0 Å². The van der Waals surface area contributed by atoms with Crippen LogP contribution in [-0.4, -0.2) is 67.4 Å². The molecule has 0 amide bonds. The van der Waals surface area contributed by atoms with E-state index in [9.17, 15) is 0 Å². The Bertz CT molecular complexity index is 348. The normalized spacial score (nSPS) is 19.9. The van der Waals surface area contributed by atoms with E-state index in [1.165, 1.54) is 24.9 Å². The Labute approximate surface area is 117 Å². The summed E-state index contributed by atoms with van der Waals surface area (Å²) < 4.78 is 0.844. The highest BCUT2D eigenvalue weighted by atomic mass is 16.3. The molecule has 1 N–H and O–H groups in total. The first-order valence-corrected chi connectivity index (χ1v) is 6.95. The van der Waals surface area contributed by atoms with Gasteiger partial charge in [-0.1, -0.05) is 6.07 Å². The minimum Gasteiger partial charge on any atom is -0.391 e. The predicted octanol–water partition coefficient (Wildman–Crippen LogP) is 1.53. The summed E-state index contributed by atoms with van der Waals surface area (Å²) in [6, 6.07) is 4.79. The first kappa shape index (κ1) is 16.1. The molecule has 0 bridgehead atoms. The third-order valence-corrected chi connectivity index (χ3v) is 3.36. The number of likely N-dealkylation sites (N-methyl/N-ethyl adjacent to an activating group) is 1. The summed E-state index contributed by atoms with van der Waals surface area (Å²) >= 11 is 0. The monoisotopic (exact) mass is 266 g/mol. The van der Waals surface area contributed by atoms with Gasteiger partial charge in [-0.05, 0) is 38.1 Å². The number of aliphatic hydroxyl groups is 1. The lowest BCUT2D eigenvalue weighted by molar-refractivity contribution is -0.870. The van der Waals surface area contributed by atoms with Crippen molar-refractivity contribution in [3.63, 3.8) is 0 Å². The van der Waals surface area contributed by atoms with Crippen LogP contribution < -0.4 is 0 Å². The van der Waals surface area contributed by atoms with Gasteiger partial charge in [-0.15, -0.1) is 0 Å². The number of aliphatic hydroxyl groups excluding tert-OH is 1. The molecule has 19 heavy (non-hydrogen) atoms. The van der Waals surface area contributed by atoms with Crippen molar-refractivity contribution in [1.82, 2.24) is 9.88 Å². The van der Waals surface area contributed by atoms with Crippen molar-refractivity contribution < 1.29 is 9.59 Å². The number of quaternary nitrogens is 1. The highest BCUT2D eigenvalue weighted by molar-refractivity contribution is 5.14. The van der Waals surface area contributed by atoms with Crippen LogP contribution in [0.1, 0.15) is 24.4 Å². The number of hydrogen-bond acceptors (Lipinski definition) is 3. The molecule has 1 aromatic heterocycles. The summed E-state index contributed by atoms with van der Waals surface area (Å²) in [5.74, 6) is 0. The van der Waals surface area contributed by atoms with E-state index in [1.807, 2.05) is 18.5 Å². The summed E-state index contributed by atoms with van der Waals surface area (Å²) in [6.45, 7) is 2.34. The molecule has 1 aliphatic rings. The Kier molecular flexibility index (Phi) is 6.42. The molecular weight excluding hydrogens is 238 g/mol. The lowest BCUT2D eigenvalue weighted by Crippen LogP contribution is -2.36. The molecular formula is C15H28N3O+. The summed E-state index contributed by atoms with van der Waals surface area (Å²) in [6.07, 6.45) is 6.41. The van der Waals surface area contributed by atoms with Crippen molar-refractivity contribution >= 4 is 0 Å². The smallest absolute Gasteiger partial charge is 0.101 e. The number of pyridine rings is 1. The van der Waals surface area contributed by atoms with E-state index in [0.29, 0.717) is 6.04 Å². The van der Waals surface area contributed by atoms with E-state index in [0.717, 1.165) is 11.0 Å². The summed E-state index contributed by atoms with van der Waals surface area (Å²) in [5.41, 5.74) is 1.36. The van der Waals surface area contributed by atoms with Gasteiger partial charge in [0.25, 0.3) is 0 Å². The van der Waals surface area contributed by atoms with Gasteiger partial charge in [0.15, 0.2) is 0 Å². The topological polar surface area (TPSA) is 36.4 Å². The highest BCUT2D eigenvalue weighted by Gasteiger charge is 2.21. The van der Waals surface area contributed by atoms with Gasteiger partial charge in [-0.3, -0.25) is 9.88 Å². The fourth-order valence-corrected chi connectivity index (χ4v) is 2.20. The minimum absolute atomic E-state index is 0.281. The SMILES string of the molecule is CN1CCCC1c1cccnc1.C[N+](C)(C)CCO. The maximum absolute atomic E-state index is 8.39. The van der Waals surface area contributed by atoms with Crippen LogP contribution >= 0.6 is 0 Å². The van der Waals surface area contributed by atoms with E-state index >= 15 is 0 Å². The molecule has 0 saturated carbocycles. The molecule has 2 heterocycles. The molecule has 1 aliphatic heterocycles. The number of likely N-dealkylation sites (tertiary alicyclic amines) is 1. The van der Waals surface area contributed by atoms with E-state index in [4.69, 9.17) is 5.11 Å². The Morgan fingerprint density at radius 1 is 1.42 bits per heavy atom. The molecule has 0 spiro atoms. The molecule has 4 heteroatoms. The second-order valence-electron chi connectivity index (χ2n) is 6.16. The average molecular weight is 266 g/mol. The molecule has 1 atom stereocenters. The molecule has 108 valence electrons. The van der Waals surface area contributed by atoms with Crippen molar-refractivity contribution in [2.45, 2.75) is 18.9 Å². The third-order valence-electron chi connectivity index (χ3n) is 3.36. The van der Waals surface area contributed by atoms with Crippen LogP contribution in [0.5, 0.6) is 0 Å². The van der Waals surface area contributed by atoms with Crippen molar-refractivity contribution in [2.75, 3.05) is 47.9 Å². The van der Waals surface area contributed by atoms with Gasteiger partial charge >= 0.3 is 0 Å². The Hall–Kier alpha value is -0.970. The molecule has 0 aromatic carbocycles. The minimum atomic E-state index is 0.281. The summed E-state index contributed by atoms with van der Waals surface area (Å²) in [7, 11) is 8.34. The number of nitrogens with zero attached hydrogens (tertiary/aromatic N) is 3. The number of aromatic nitrogens is 1. The molecule has 1 fully saturated rings. The second-order valence-corrected chi connectivity index (χ2v) is 6.16. The van der Waals surface area contributed by atoms with Gasteiger partial charge in [0.1, 0.15) is 6.54 Å².